The van der Waals surface area contributed by atoms with E-state index in [2.05, 4.69) is 4.90 Å². The van der Waals surface area contributed by atoms with Crippen molar-refractivity contribution in [3.63, 3.8) is 0 Å². The largest absolute Gasteiger partial charge is 0.457 e. The monoisotopic (exact) mass is 191 g/mol. The molecule has 2 bridgehead atoms. The molecule has 2 atom stereocenters. The van der Waals surface area contributed by atoms with Gasteiger partial charge in [0.2, 0.25) is 0 Å². The van der Waals surface area contributed by atoms with Gasteiger partial charge >= 0.3 is 0 Å². The molecule has 1 N–H and O–H groups in total. The SMILES string of the molecule is CC(O)C1c2c(c3ccc2o3)CN1C. The van der Waals surface area contributed by atoms with Crippen LogP contribution in [0.2, 0.25) is 0 Å². The normalized spacial score (nSPS) is 24.6. The fourth-order valence-electron chi connectivity index (χ4n) is 2.59. The van der Waals surface area contributed by atoms with Crippen molar-refractivity contribution in [2.45, 2.75) is 25.6 Å². The van der Waals surface area contributed by atoms with Crippen LogP contribution < -0.4 is 0 Å². The Labute approximate surface area is 82.3 Å². The van der Waals surface area contributed by atoms with Gasteiger partial charge in [0.15, 0.2) is 0 Å². The first-order chi connectivity index (χ1) is 6.68. The highest BCUT2D eigenvalue weighted by molar-refractivity contribution is 5.74. The smallest absolute Gasteiger partial charge is 0.132 e. The fraction of sp³-hybridized carbons (Fsp3) is 0.455. The Morgan fingerprint density at radius 1 is 1.50 bits per heavy atom. The average Bonchev–Trinajstić information content (AvgIpc) is 2.70. The summed E-state index contributed by atoms with van der Waals surface area (Å²) in [5.41, 5.74) is 4.37. The zero-order valence-corrected chi connectivity index (χ0v) is 8.32. The van der Waals surface area contributed by atoms with Crippen molar-refractivity contribution in [2.24, 2.45) is 0 Å². The molecule has 14 heavy (non-hydrogen) atoms. The van der Waals surface area contributed by atoms with Crippen molar-refractivity contribution in [3.8, 4) is 0 Å². The molecule has 0 fully saturated rings. The second-order valence-electron chi connectivity index (χ2n) is 4.16. The highest BCUT2D eigenvalue weighted by Gasteiger charge is 2.36. The molecule has 3 heterocycles. The van der Waals surface area contributed by atoms with Gasteiger partial charge in [-0.2, -0.15) is 0 Å². The summed E-state index contributed by atoms with van der Waals surface area (Å²) in [5, 5.41) is 9.72. The summed E-state index contributed by atoms with van der Waals surface area (Å²) in [5.74, 6) is 0. The summed E-state index contributed by atoms with van der Waals surface area (Å²) >= 11 is 0. The van der Waals surface area contributed by atoms with Crippen LogP contribution in [0.3, 0.4) is 0 Å². The molecular formula is C11H13NO2. The zero-order valence-electron chi connectivity index (χ0n) is 8.32. The van der Waals surface area contributed by atoms with Crippen LogP contribution in [-0.2, 0) is 6.54 Å². The van der Waals surface area contributed by atoms with Gasteiger partial charge in [-0.25, -0.2) is 0 Å². The number of fused-ring (bicyclic) bond motifs is 5. The van der Waals surface area contributed by atoms with Gasteiger partial charge in [-0.1, -0.05) is 0 Å². The second kappa shape index (κ2) is 2.49. The van der Waals surface area contributed by atoms with E-state index < -0.39 is 0 Å². The molecule has 2 aromatic heterocycles. The number of hydrogen-bond acceptors (Lipinski definition) is 3. The van der Waals surface area contributed by atoms with Crippen LogP contribution in [0.25, 0.3) is 11.2 Å². The lowest BCUT2D eigenvalue weighted by molar-refractivity contribution is 0.0853. The summed E-state index contributed by atoms with van der Waals surface area (Å²) in [6.07, 6.45) is -0.350. The van der Waals surface area contributed by atoms with E-state index in [1.165, 1.54) is 11.1 Å². The first kappa shape index (κ1) is 8.26. The molecule has 0 saturated carbocycles. The molecule has 74 valence electrons. The Kier molecular flexibility index (Phi) is 1.47. The Bertz CT molecular complexity index is 460. The second-order valence-corrected chi connectivity index (χ2v) is 4.16. The van der Waals surface area contributed by atoms with Crippen molar-refractivity contribution in [2.75, 3.05) is 7.05 Å². The van der Waals surface area contributed by atoms with Crippen LogP contribution in [0.4, 0.5) is 0 Å². The molecule has 2 unspecified atom stereocenters. The quantitative estimate of drug-likeness (QED) is 0.745. The molecule has 0 spiro atoms. The van der Waals surface area contributed by atoms with E-state index in [9.17, 15) is 5.11 Å². The van der Waals surface area contributed by atoms with Crippen LogP contribution in [-0.4, -0.2) is 23.2 Å². The highest BCUT2D eigenvalue weighted by Crippen LogP contribution is 2.43. The lowest BCUT2D eigenvalue weighted by Gasteiger charge is -2.22. The standard InChI is InChI=1S/C11H13NO2/c1-6(13)11-10-7(5-12(11)2)8-3-4-9(10)14-8/h3-4,6,11,13H,5H2,1-2H3. The molecular weight excluding hydrogens is 178 g/mol. The Morgan fingerprint density at radius 3 is 2.93 bits per heavy atom. The number of furan rings is 2. The maximum absolute atomic E-state index is 9.72. The van der Waals surface area contributed by atoms with Crippen molar-refractivity contribution in [3.05, 3.63) is 23.3 Å². The van der Waals surface area contributed by atoms with E-state index in [4.69, 9.17) is 4.42 Å². The topological polar surface area (TPSA) is 36.6 Å². The Hall–Kier alpha value is -1.06. The number of hydrogen-bond donors (Lipinski definition) is 1. The maximum Gasteiger partial charge on any atom is 0.132 e. The molecule has 0 aliphatic carbocycles. The molecule has 3 rings (SSSR count). The number of aliphatic hydroxyl groups is 1. The van der Waals surface area contributed by atoms with Crippen LogP contribution in [0.5, 0.6) is 0 Å². The van der Waals surface area contributed by atoms with Crippen molar-refractivity contribution < 1.29 is 9.52 Å². The Morgan fingerprint density at radius 2 is 2.21 bits per heavy atom. The van der Waals surface area contributed by atoms with Gasteiger partial charge in [0.25, 0.3) is 0 Å². The lowest BCUT2D eigenvalue weighted by Crippen LogP contribution is -2.26. The summed E-state index contributed by atoms with van der Waals surface area (Å²) in [6, 6.07) is 4.09. The van der Waals surface area contributed by atoms with Gasteiger partial charge in [-0.3, -0.25) is 4.90 Å². The van der Waals surface area contributed by atoms with Crippen molar-refractivity contribution in [1.82, 2.24) is 4.90 Å². The predicted molar refractivity (Wildman–Crippen MR) is 53.3 cm³/mol. The Balaban J connectivity index is 2.20. The molecule has 0 radical (unpaired) electrons. The van der Waals surface area contributed by atoms with Gasteiger partial charge in [0.1, 0.15) is 11.2 Å². The first-order valence-electron chi connectivity index (χ1n) is 4.90. The van der Waals surface area contributed by atoms with Crippen LogP contribution in [0.15, 0.2) is 16.5 Å². The number of likely N-dealkylation sites (N-methyl/N-ethyl adjacent to an activating group) is 1. The van der Waals surface area contributed by atoms with E-state index in [1.807, 2.05) is 26.1 Å². The van der Waals surface area contributed by atoms with E-state index >= 15 is 0 Å². The van der Waals surface area contributed by atoms with Gasteiger partial charge in [-0.05, 0) is 26.1 Å². The first-order valence-corrected chi connectivity index (χ1v) is 4.90. The van der Waals surface area contributed by atoms with E-state index in [-0.39, 0.29) is 12.1 Å². The number of nitrogens with zero attached hydrogens (tertiary/aromatic N) is 1. The molecule has 1 aliphatic rings. The van der Waals surface area contributed by atoms with E-state index in [1.54, 1.807) is 0 Å². The zero-order chi connectivity index (χ0) is 9.87. The molecule has 0 saturated heterocycles. The lowest BCUT2D eigenvalue weighted by atomic mass is 10.0. The van der Waals surface area contributed by atoms with Gasteiger partial charge < -0.3 is 9.52 Å². The summed E-state index contributed by atoms with van der Waals surface area (Å²) in [7, 11) is 2.04. The third-order valence-corrected chi connectivity index (χ3v) is 3.13. The molecule has 3 heteroatoms. The van der Waals surface area contributed by atoms with Crippen LogP contribution in [0, 0.1) is 0 Å². The molecule has 3 nitrogen and oxygen atoms in total. The predicted octanol–water partition coefficient (Wildman–Crippen LogP) is 1.74. The van der Waals surface area contributed by atoms with E-state index in [0.29, 0.717) is 0 Å². The average molecular weight is 191 g/mol. The summed E-state index contributed by atoms with van der Waals surface area (Å²) in [6.45, 7) is 2.71. The third-order valence-electron chi connectivity index (χ3n) is 3.13. The van der Waals surface area contributed by atoms with E-state index in [0.717, 1.165) is 17.7 Å². The number of rotatable bonds is 1. The minimum Gasteiger partial charge on any atom is -0.457 e. The fourth-order valence-corrected chi connectivity index (χ4v) is 2.59. The molecule has 2 aromatic rings. The molecule has 0 aromatic carbocycles. The van der Waals surface area contributed by atoms with Gasteiger partial charge in [-0.15, -0.1) is 0 Å². The van der Waals surface area contributed by atoms with Crippen LogP contribution in [0.1, 0.15) is 24.1 Å². The molecule has 0 amide bonds. The van der Waals surface area contributed by atoms with Gasteiger partial charge in [0.05, 0.1) is 12.1 Å². The van der Waals surface area contributed by atoms with Crippen LogP contribution >= 0.6 is 0 Å². The minimum absolute atomic E-state index is 0.0995. The molecule has 1 aliphatic heterocycles. The van der Waals surface area contributed by atoms with Crippen molar-refractivity contribution in [1.29, 1.82) is 0 Å². The summed E-state index contributed by atoms with van der Waals surface area (Å²) in [4.78, 5) is 2.17. The maximum atomic E-state index is 9.72. The summed E-state index contributed by atoms with van der Waals surface area (Å²) < 4.78 is 5.58. The van der Waals surface area contributed by atoms with Gasteiger partial charge in [0, 0.05) is 17.7 Å². The number of benzene rings is 1. The minimum atomic E-state index is -0.350. The highest BCUT2D eigenvalue weighted by atomic mass is 16.3. The third kappa shape index (κ3) is 0.837. The number of aliphatic hydroxyl groups excluding tert-OH is 1. The van der Waals surface area contributed by atoms with Crippen molar-refractivity contribution >= 4 is 11.2 Å².